The third kappa shape index (κ3) is 3.83. The standard InChI is InChI=1S/C27H22N4O2/c1-17(20-13-7-10-18-8-3-5-11-21(18)20)28-31-27(32)24-16-23(29-30-24)26-22-12-6-4-9-19(22)14-15-25(26)33-2/h3-16H,1-2H3,(H,29,30)(H,31,32)/b28-17-. The molecule has 5 rings (SSSR count). The minimum atomic E-state index is -0.368. The van der Waals surface area contributed by atoms with Crippen LogP contribution in [0.15, 0.2) is 90.0 Å². The van der Waals surface area contributed by atoms with Crippen LogP contribution in [-0.2, 0) is 0 Å². The number of hydrogen-bond donors (Lipinski definition) is 2. The smallest absolute Gasteiger partial charge is 0.289 e. The maximum absolute atomic E-state index is 12.8. The maximum atomic E-state index is 12.8. The molecule has 162 valence electrons. The Bertz CT molecular complexity index is 1510. The second-order valence-corrected chi connectivity index (χ2v) is 7.70. The van der Waals surface area contributed by atoms with Crippen LogP contribution in [-0.4, -0.2) is 28.9 Å². The van der Waals surface area contributed by atoms with Gasteiger partial charge in [-0.25, -0.2) is 5.43 Å². The van der Waals surface area contributed by atoms with E-state index in [4.69, 9.17) is 4.74 Å². The van der Waals surface area contributed by atoms with E-state index in [-0.39, 0.29) is 5.91 Å². The number of hydrogen-bond acceptors (Lipinski definition) is 4. The number of rotatable bonds is 5. The van der Waals surface area contributed by atoms with E-state index in [0.717, 1.165) is 38.4 Å². The lowest BCUT2D eigenvalue weighted by molar-refractivity contribution is 0.0950. The highest BCUT2D eigenvalue weighted by Crippen LogP contribution is 2.36. The van der Waals surface area contributed by atoms with Crippen molar-refractivity contribution < 1.29 is 9.53 Å². The van der Waals surface area contributed by atoms with Crippen molar-refractivity contribution >= 4 is 33.2 Å². The molecular weight excluding hydrogens is 412 g/mol. The number of carbonyl (C=O) groups excluding carboxylic acids is 1. The summed E-state index contributed by atoms with van der Waals surface area (Å²) in [6.07, 6.45) is 0. The Morgan fingerprint density at radius 2 is 1.61 bits per heavy atom. The van der Waals surface area contributed by atoms with Crippen LogP contribution in [0.1, 0.15) is 23.0 Å². The molecule has 2 N–H and O–H groups in total. The average Bonchev–Trinajstić information content (AvgIpc) is 3.36. The van der Waals surface area contributed by atoms with E-state index in [1.807, 2.05) is 73.7 Å². The molecule has 4 aromatic carbocycles. The zero-order chi connectivity index (χ0) is 22.8. The van der Waals surface area contributed by atoms with Gasteiger partial charge in [0.05, 0.1) is 24.1 Å². The molecule has 0 saturated carbocycles. The van der Waals surface area contributed by atoms with E-state index in [1.165, 1.54) is 0 Å². The molecule has 0 radical (unpaired) electrons. The number of carbonyl (C=O) groups is 1. The number of benzene rings is 4. The minimum absolute atomic E-state index is 0.314. The van der Waals surface area contributed by atoms with Crippen LogP contribution in [0.5, 0.6) is 5.75 Å². The van der Waals surface area contributed by atoms with Gasteiger partial charge in [-0.05, 0) is 40.6 Å². The van der Waals surface area contributed by atoms with Crippen molar-refractivity contribution in [1.82, 2.24) is 15.6 Å². The van der Waals surface area contributed by atoms with Gasteiger partial charge in [-0.2, -0.15) is 10.2 Å². The molecule has 6 heteroatoms. The molecule has 0 aliphatic carbocycles. The summed E-state index contributed by atoms with van der Waals surface area (Å²) in [5.74, 6) is 0.324. The predicted octanol–water partition coefficient (Wildman–Crippen LogP) is 5.55. The first-order valence-corrected chi connectivity index (χ1v) is 10.6. The third-order valence-corrected chi connectivity index (χ3v) is 5.69. The van der Waals surface area contributed by atoms with Crippen molar-refractivity contribution in [3.63, 3.8) is 0 Å². The fourth-order valence-electron chi connectivity index (χ4n) is 4.05. The predicted molar refractivity (Wildman–Crippen MR) is 132 cm³/mol. The number of hydrazone groups is 1. The Labute approximate surface area is 190 Å². The number of fused-ring (bicyclic) bond motifs is 2. The van der Waals surface area contributed by atoms with Gasteiger partial charge in [0.1, 0.15) is 11.4 Å². The van der Waals surface area contributed by atoms with Crippen LogP contribution in [0.4, 0.5) is 0 Å². The molecule has 1 amide bonds. The van der Waals surface area contributed by atoms with E-state index in [1.54, 1.807) is 13.2 Å². The molecule has 0 bridgehead atoms. The largest absolute Gasteiger partial charge is 0.496 e. The molecule has 0 fully saturated rings. The molecule has 0 spiro atoms. The van der Waals surface area contributed by atoms with Crippen molar-refractivity contribution in [3.05, 3.63) is 96.2 Å². The molecule has 0 aliphatic heterocycles. The summed E-state index contributed by atoms with van der Waals surface area (Å²) in [4.78, 5) is 12.8. The van der Waals surface area contributed by atoms with Crippen LogP contribution in [0.2, 0.25) is 0 Å². The summed E-state index contributed by atoms with van der Waals surface area (Å²) in [7, 11) is 1.62. The molecule has 1 aromatic heterocycles. The number of nitrogens with one attached hydrogen (secondary N) is 2. The Kier molecular flexibility index (Phi) is 5.32. The monoisotopic (exact) mass is 434 g/mol. The molecule has 5 aromatic rings. The molecule has 1 heterocycles. The van der Waals surface area contributed by atoms with Crippen LogP contribution < -0.4 is 10.2 Å². The van der Waals surface area contributed by atoms with Gasteiger partial charge < -0.3 is 4.74 Å². The number of methoxy groups -OCH3 is 1. The van der Waals surface area contributed by atoms with Gasteiger partial charge in [0.25, 0.3) is 5.91 Å². The van der Waals surface area contributed by atoms with Crippen LogP contribution >= 0.6 is 0 Å². The first-order valence-electron chi connectivity index (χ1n) is 10.6. The molecule has 0 saturated heterocycles. The fraction of sp³-hybridized carbons (Fsp3) is 0.0741. The van der Waals surface area contributed by atoms with Gasteiger partial charge >= 0.3 is 0 Å². The van der Waals surface area contributed by atoms with E-state index < -0.39 is 0 Å². The third-order valence-electron chi connectivity index (χ3n) is 5.69. The Morgan fingerprint density at radius 3 is 2.39 bits per heavy atom. The fourth-order valence-corrected chi connectivity index (χ4v) is 4.05. The lowest BCUT2D eigenvalue weighted by Crippen LogP contribution is -2.19. The first kappa shape index (κ1) is 20.5. The zero-order valence-electron chi connectivity index (χ0n) is 18.3. The minimum Gasteiger partial charge on any atom is -0.496 e. The number of aromatic nitrogens is 2. The van der Waals surface area contributed by atoms with Crippen molar-refractivity contribution in [2.24, 2.45) is 5.10 Å². The maximum Gasteiger partial charge on any atom is 0.289 e. The van der Waals surface area contributed by atoms with Gasteiger partial charge in [-0.15, -0.1) is 0 Å². The second kappa shape index (κ2) is 8.59. The summed E-state index contributed by atoms with van der Waals surface area (Å²) >= 11 is 0. The van der Waals surface area contributed by atoms with Gasteiger partial charge in [0.2, 0.25) is 0 Å². The SMILES string of the molecule is COc1ccc2ccccc2c1-c1cc(C(=O)N/N=C(/C)c2cccc3ccccc23)[nH]n1. The van der Waals surface area contributed by atoms with Crippen LogP contribution in [0.25, 0.3) is 32.8 Å². The van der Waals surface area contributed by atoms with Crippen molar-refractivity contribution in [2.45, 2.75) is 6.92 Å². The highest BCUT2D eigenvalue weighted by Gasteiger charge is 2.16. The van der Waals surface area contributed by atoms with E-state index >= 15 is 0 Å². The lowest BCUT2D eigenvalue weighted by atomic mass is 10.0. The molecule has 33 heavy (non-hydrogen) atoms. The average molecular weight is 434 g/mol. The molecule has 0 aliphatic rings. The Hall–Kier alpha value is -4.45. The van der Waals surface area contributed by atoms with Gasteiger partial charge in [-0.3, -0.25) is 9.89 Å². The number of H-pyrrole nitrogens is 1. The van der Waals surface area contributed by atoms with Crippen LogP contribution in [0, 0.1) is 0 Å². The van der Waals surface area contributed by atoms with E-state index in [0.29, 0.717) is 17.1 Å². The summed E-state index contributed by atoms with van der Waals surface area (Å²) in [5.41, 5.74) is 6.11. The first-order chi connectivity index (χ1) is 16.2. The summed E-state index contributed by atoms with van der Waals surface area (Å²) < 4.78 is 5.56. The second-order valence-electron chi connectivity index (χ2n) is 7.70. The van der Waals surface area contributed by atoms with Crippen molar-refractivity contribution in [1.29, 1.82) is 0 Å². The van der Waals surface area contributed by atoms with Gasteiger partial charge in [0.15, 0.2) is 0 Å². The topological polar surface area (TPSA) is 79.4 Å². The van der Waals surface area contributed by atoms with Crippen molar-refractivity contribution in [3.8, 4) is 17.0 Å². The molecule has 0 atom stereocenters. The highest BCUT2D eigenvalue weighted by atomic mass is 16.5. The van der Waals surface area contributed by atoms with Crippen molar-refractivity contribution in [2.75, 3.05) is 7.11 Å². The summed E-state index contributed by atoms with van der Waals surface area (Å²) in [5, 5.41) is 15.8. The quantitative estimate of drug-likeness (QED) is 0.281. The summed E-state index contributed by atoms with van der Waals surface area (Å²) in [6, 6.07) is 27.7. The number of aromatic amines is 1. The molecule has 0 unspecified atom stereocenters. The lowest BCUT2D eigenvalue weighted by Gasteiger charge is -2.09. The Morgan fingerprint density at radius 1 is 0.909 bits per heavy atom. The number of amides is 1. The number of nitrogens with zero attached hydrogens (tertiary/aromatic N) is 2. The van der Waals surface area contributed by atoms with Gasteiger partial charge in [-0.1, -0.05) is 72.8 Å². The molecule has 6 nitrogen and oxygen atoms in total. The van der Waals surface area contributed by atoms with E-state index in [9.17, 15) is 4.79 Å². The van der Waals surface area contributed by atoms with Crippen LogP contribution in [0.3, 0.4) is 0 Å². The normalized spacial score (nSPS) is 11.6. The number of ether oxygens (including phenoxy) is 1. The summed E-state index contributed by atoms with van der Waals surface area (Å²) in [6.45, 7) is 1.88. The molecular formula is C27H22N4O2. The highest BCUT2D eigenvalue weighted by molar-refractivity contribution is 6.10. The zero-order valence-corrected chi connectivity index (χ0v) is 18.3. The van der Waals surface area contributed by atoms with E-state index in [2.05, 4.69) is 32.9 Å². The van der Waals surface area contributed by atoms with Gasteiger partial charge in [0, 0.05) is 5.56 Å². The Balaban J connectivity index is 1.43.